The van der Waals surface area contributed by atoms with Crippen LogP contribution in [0.15, 0.2) is 46.9 Å². The third-order valence-corrected chi connectivity index (χ3v) is 4.44. The van der Waals surface area contributed by atoms with Gasteiger partial charge in [0.05, 0.1) is 9.40 Å². The number of nitro groups is 1. The molecule has 1 atom stereocenters. The van der Waals surface area contributed by atoms with Crippen molar-refractivity contribution in [1.29, 1.82) is 0 Å². The van der Waals surface area contributed by atoms with E-state index in [0.29, 0.717) is 5.75 Å². The molecule has 0 aliphatic rings. The van der Waals surface area contributed by atoms with Gasteiger partial charge in [-0.1, -0.05) is 13.0 Å². The lowest BCUT2D eigenvalue weighted by atomic mass is 10.2. The second-order valence-corrected chi connectivity index (χ2v) is 6.81. The molecule has 2 rings (SSSR count). The van der Waals surface area contributed by atoms with E-state index in [4.69, 9.17) is 9.47 Å². The quantitative estimate of drug-likeness (QED) is 0.456. The van der Waals surface area contributed by atoms with Crippen molar-refractivity contribution in [3.63, 3.8) is 0 Å². The summed E-state index contributed by atoms with van der Waals surface area (Å²) in [4.78, 5) is 34.0. The molecule has 0 radical (unpaired) electrons. The van der Waals surface area contributed by atoms with Crippen molar-refractivity contribution in [3.8, 4) is 11.5 Å². The minimum Gasteiger partial charge on any atom is -0.483 e. The lowest BCUT2D eigenvalue weighted by Crippen LogP contribution is -2.48. The normalized spacial score (nSPS) is 11.3. The van der Waals surface area contributed by atoms with Crippen molar-refractivity contribution < 1.29 is 24.0 Å². The molecule has 0 saturated carbocycles. The highest BCUT2D eigenvalue weighted by atomic mass is 79.9. The number of carbonyl (C=O) groups excluding carboxylic acids is 2. The Morgan fingerprint density at radius 2 is 1.86 bits per heavy atom. The first-order valence-electron chi connectivity index (χ1n) is 8.71. The molecule has 2 N–H and O–H groups in total. The van der Waals surface area contributed by atoms with Crippen LogP contribution in [0.2, 0.25) is 0 Å². The number of non-ortho nitro benzene ring substituents is 1. The van der Waals surface area contributed by atoms with Crippen LogP contribution in [-0.4, -0.2) is 29.4 Å². The molecule has 1 unspecified atom stereocenters. The van der Waals surface area contributed by atoms with Crippen LogP contribution >= 0.6 is 15.9 Å². The van der Waals surface area contributed by atoms with Crippen molar-refractivity contribution in [2.75, 3.05) is 6.61 Å². The summed E-state index contributed by atoms with van der Waals surface area (Å²) in [5, 5.41) is 10.6. The van der Waals surface area contributed by atoms with E-state index < -0.39 is 22.8 Å². The molecule has 0 aliphatic heterocycles. The Labute approximate surface area is 175 Å². The Hall–Kier alpha value is -3.14. The molecular weight excluding hydrogens is 446 g/mol. The zero-order chi connectivity index (χ0) is 21.4. The average molecular weight is 466 g/mol. The second kappa shape index (κ2) is 10.4. The van der Waals surface area contributed by atoms with Gasteiger partial charge in [0.15, 0.2) is 12.7 Å². The monoisotopic (exact) mass is 465 g/mol. The van der Waals surface area contributed by atoms with E-state index in [9.17, 15) is 19.7 Å². The fourth-order valence-corrected chi connectivity index (χ4v) is 2.74. The molecular formula is C19H20BrN3O6. The Bertz CT molecular complexity index is 888. The van der Waals surface area contributed by atoms with E-state index in [1.807, 2.05) is 19.1 Å². The Morgan fingerprint density at radius 3 is 2.45 bits per heavy atom. The lowest BCUT2D eigenvalue weighted by molar-refractivity contribution is -0.384. The van der Waals surface area contributed by atoms with Crippen LogP contribution in [0.4, 0.5) is 5.69 Å². The van der Waals surface area contributed by atoms with E-state index >= 15 is 0 Å². The van der Waals surface area contributed by atoms with Gasteiger partial charge in [0.25, 0.3) is 17.5 Å². The molecule has 10 heteroatoms. The fourth-order valence-electron chi connectivity index (χ4n) is 2.20. The molecule has 154 valence electrons. The molecule has 0 fully saturated rings. The van der Waals surface area contributed by atoms with E-state index in [1.54, 1.807) is 6.07 Å². The number of aryl methyl sites for hydroxylation is 1. The maximum absolute atomic E-state index is 12.0. The van der Waals surface area contributed by atoms with E-state index in [1.165, 1.54) is 31.2 Å². The number of halogens is 1. The van der Waals surface area contributed by atoms with Crippen molar-refractivity contribution in [1.82, 2.24) is 10.9 Å². The maximum atomic E-state index is 12.0. The van der Waals surface area contributed by atoms with Crippen LogP contribution in [0.1, 0.15) is 19.4 Å². The molecule has 2 amide bonds. The fraction of sp³-hybridized carbons (Fsp3) is 0.263. The maximum Gasteiger partial charge on any atom is 0.279 e. The molecule has 0 spiro atoms. The van der Waals surface area contributed by atoms with Gasteiger partial charge in [-0.05, 0) is 59.1 Å². The van der Waals surface area contributed by atoms with Gasteiger partial charge in [0.2, 0.25) is 0 Å². The van der Waals surface area contributed by atoms with Gasteiger partial charge in [-0.25, -0.2) is 0 Å². The van der Waals surface area contributed by atoms with Gasteiger partial charge in [0, 0.05) is 12.1 Å². The molecule has 0 aliphatic carbocycles. The number of amides is 2. The second-order valence-electron chi connectivity index (χ2n) is 5.96. The van der Waals surface area contributed by atoms with E-state index in [2.05, 4.69) is 26.8 Å². The van der Waals surface area contributed by atoms with Gasteiger partial charge >= 0.3 is 0 Å². The molecule has 0 saturated heterocycles. The number of carbonyl (C=O) groups is 2. The zero-order valence-electron chi connectivity index (χ0n) is 15.8. The lowest BCUT2D eigenvalue weighted by Gasteiger charge is -2.15. The van der Waals surface area contributed by atoms with Gasteiger partial charge in [0.1, 0.15) is 11.5 Å². The smallest absolute Gasteiger partial charge is 0.279 e. The van der Waals surface area contributed by atoms with Gasteiger partial charge in [-0.3, -0.25) is 30.6 Å². The molecule has 0 bridgehead atoms. The highest BCUT2D eigenvalue weighted by Gasteiger charge is 2.16. The minimum absolute atomic E-state index is 0.0855. The number of benzene rings is 2. The number of hydrogen-bond acceptors (Lipinski definition) is 6. The van der Waals surface area contributed by atoms with Crippen LogP contribution in [0, 0.1) is 10.1 Å². The highest BCUT2D eigenvalue weighted by molar-refractivity contribution is 9.10. The number of nitrogens with one attached hydrogen (secondary N) is 2. The summed E-state index contributed by atoms with van der Waals surface area (Å²) >= 11 is 3.38. The largest absolute Gasteiger partial charge is 0.483 e. The predicted molar refractivity (Wildman–Crippen MR) is 108 cm³/mol. The highest BCUT2D eigenvalue weighted by Crippen LogP contribution is 2.26. The summed E-state index contributed by atoms with van der Waals surface area (Å²) in [6.45, 7) is 3.22. The van der Waals surface area contributed by atoms with Crippen molar-refractivity contribution in [2.24, 2.45) is 0 Å². The van der Waals surface area contributed by atoms with Crippen LogP contribution in [0.25, 0.3) is 0 Å². The van der Waals surface area contributed by atoms with E-state index in [-0.39, 0.29) is 18.0 Å². The summed E-state index contributed by atoms with van der Waals surface area (Å²) < 4.78 is 11.5. The standard InChI is InChI=1S/C19H20BrN3O6/c1-3-13-4-9-17(16(20)10-13)28-11-18(24)21-22-19(25)12(2)29-15-7-5-14(6-8-15)23(26)27/h4-10,12H,3,11H2,1-2H3,(H,21,24)(H,22,25). The number of ether oxygens (including phenoxy) is 2. The van der Waals surface area contributed by atoms with Gasteiger partial charge < -0.3 is 9.47 Å². The molecule has 2 aromatic rings. The predicted octanol–water partition coefficient (Wildman–Crippen LogP) is 2.91. The topological polar surface area (TPSA) is 120 Å². The minimum atomic E-state index is -0.937. The molecule has 0 heterocycles. The van der Waals surface area contributed by atoms with Crippen LogP contribution in [0.5, 0.6) is 11.5 Å². The number of hydrazine groups is 1. The van der Waals surface area contributed by atoms with Crippen molar-refractivity contribution >= 4 is 33.4 Å². The molecule has 29 heavy (non-hydrogen) atoms. The average Bonchev–Trinajstić information content (AvgIpc) is 2.71. The Kier molecular flexibility index (Phi) is 7.96. The first-order valence-corrected chi connectivity index (χ1v) is 9.50. The van der Waals surface area contributed by atoms with Crippen molar-refractivity contribution in [2.45, 2.75) is 26.4 Å². The van der Waals surface area contributed by atoms with Crippen LogP contribution in [0.3, 0.4) is 0 Å². The molecule has 0 aromatic heterocycles. The molecule has 9 nitrogen and oxygen atoms in total. The van der Waals surface area contributed by atoms with E-state index in [0.717, 1.165) is 16.5 Å². The summed E-state index contributed by atoms with van der Waals surface area (Å²) in [6, 6.07) is 10.9. The Morgan fingerprint density at radius 1 is 1.17 bits per heavy atom. The zero-order valence-corrected chi connectivity index (χ0v) is 17.4. The third kappa shape index (κ3) is 6.75. The first kappa shape index (κ1) is 22.2. The van der Waals surface area contributed by atoms with Crippen molar-refractivity contribution in [3.05, 3.63) is 62.6 Å². The SMILES string of the molecule is CCc1ccc(OCC(=O)NNC(=O)C(C)Oc2ccc([N+](=O)[O-])cc2)c(Br)c1. The van der Waals surface area contributed by atoms with Gasteiger partial charge in [-0.15, -0.1) is 0 Å². The number of nitro benzene ring substituents is 1. The Balaban J connectivity index is 1.77. The number of rotatable bonds is 8. The number of hydrogen-bond donors (Lipinski definition) is 2. The molecule has 2 aromatic carbocycles. The summed E-state index contributed by atoms with van der Waals surface area (Å²) in [7, 11) is 0. The summed E-state index contributed by atoms with van der Waals surface area (Å²) in [5.41, 5.74) is 5.52. The van der Waals surface area contributed by atoms with Crippen LogP contribution in [-0.2, 0) is 16.0 Å². The summed E-state index contributed by atoms with van der Waals surface area (Å²) in [5.74, 6) is -0.343. The third-order valence-electron chi connectivity index (χ3n) is 3.82. The van der Waals surface area contributed by atoms with Gasteiger partial charge in [-0.2, -0.15) is 0 Å². The number of nitrogens with zero attached hydrogens (tertiary/aromatic N) is 1. The van der Waals surface area contributed by atoms with Crippen LogP contribution < -0.4 is 20.3 Å². The first-order chi connectivity index (χ1) is 13.8. The summed E-state index contributed by atoms with van der Waals surface area (Å²) in [6.07, 6.45) is -0.0562.